The number of nitrogens with one attached hydrogen (secondary N) is 1. The van der Waals surface area contributed by atoms with Gasteiger partial charge < -0.3 is 15.3 Å². The maximum Gasteiger partial charge on any atom is 0.253 e. The van der Waals surface area contributed by atoms with Crippen molar-refractivity contribution in [1.29, 1.82) is 0 Å². The first-order valence-corrected chi connectivity index (χ1v) is 8.30. The predicted molar refractivity (Wildman–Crippen MR) is 89.4 cm³/mol. The van der Waals surface area contributed by atoms with Crippen molar-refractivity contribution < 1.29 is 14.7 Å². The fourth-order valence-electron chi connectivity index (χ4n) is 2.73. The molecule has 0 bridgehead atoms. The second-order valence-electron chi connectivity index (χ2n) is 6.26. The van der Waals surface area contributed by atoms with Gasteiger partial charge in [-0.25, -0.2) is 0 Å². The van der Waals surface area contributed by atoms with Crippen LogP contribution in [0.15, 0.2) is 24.3 Å². The number of β-amino-alcohol motifs (C(OH)–C–C–N with tert-alkyl or cyclic N) is 1. The summed E-state index contributed by atoms with van der Waals surface area (Å²) < 4.78 is 0. The quantitative estimate of drug-likeness (QED) is 0.883. The first kappa shape index (κ1) is 17.8. The standard InChI is InChI=1S/C17H23ClN2O3/c1-11(2)15(17(23)20-9-5-6-12(21)10-20)19-16(22)13-7-3-4-8-14(13)18/h3-4,7-8,11-12,15,21H,5-6,9-10H2,1-2H3,(H,19,22). The first-order valence-electron chi connectivity index (χ1n) is 7.92. The van der Waals surface area contributed by atoms with Gasteiger partial charge in [0, 0.05) is 13.1 Å². The molecule has 2 amide bonds. The molecule has 1 aromatic rings. The number of piperidine rings is 1. The Hall–Kier alpha value is -1.59. The molecule has 1 saturated heterocycles. The van der Waals surface area contributed by atoms with Gasteiger partial charge in [-0.1, -0.05) is 37.6 Å². The van der Waals surface area contributed by atoms with Crippen LogP contribution in [-0.2, 0) is 4.79 Å². The van der Waals surface area contributed by atoms with Crippen molar-refractivity contribution in [1.82, 2.24) is 10.2 Å². The van der Waals surface area contributed by atoms with E-state index in [1.807, 2.05) is 13.8 Å². The highest BCUT2D eigenvalue weighted by Gasteiger charge is 2.31. The number of nitrogens with zero attached hydrogens (tertiary/aromatic N) is 1. The number of hydrogen-bond acceptors (Lipinski definition) is 3. The molecule has 1 fully saturated rings. The van der Waals surface area contributed by atoms with Crippen molar-refractivity contribution in [2.24, 2.45) is 5.92 Å². The van der Waals surface area contributed by atoms with E-state index in [0.717, 1.165) is 6.42 Å². The zero-order valence-corrected chi connectivity index (χ0v) is 14.2. The first-order chi connectivity index (χ1) is 10.9. The molecule has 2 unspecified atom stereocenters. The van der Waals surface area contributed by atoms with Gasteiger partial charge in [0.25, 0.3) is 5.91 Å². The lowest BCUT2D eigenvalue weighted by molar-refractivity contribution is -0.137. The van der Waals surface area contributed by atoms with Crippen LogP contribution in [0.2, 0.25) is 5.02 Å². The van der Waals surface area contributed by atoms with Crippen LogP contribution in [0.25, 0.3) is 0 Å². The lowest BCUT2D eigenvalue weighted by Gasteiger charge is -2.34. The van der Waals surface area contributed by atoms with Gasteiger partial charge in [-0.3, -0.25) is 9.59 Å². The Balaban J connectivity index is 2.11. The van der Waals surface area contributed by atoms with Crippen molar-refractivity contribution in [3.05, 3.63) is 34.9 Å². The number of aliphatic hydroxyl groups excluding tert-OH is 1. The van der Waals surface area contributed by atoms with E-state index in [4.69, 9.17) is 11.6 Å². The number of benzene rings is 1. The van der Waals surface area contributed by atoms with Crippen LogP contribution in [0.1, 0.15) is 37.0 Å². The molecule has 6 heteroatoms. The number of carbonyl (C=O) groups is 2. The molecule has 1 aliphatic heterocycles. The normalized spacial score (nSPS) is 19.5. The van der Waals surface area contributed by atoms with Crippen molar-refractivity contribution in [2.75, 3.05) is 13.1 Å². The smallest absolute Gasteiger partial charge is 0.253 e. The highest BCUT2D eigenvalue weighted by molar-refractivity contribution is 6.33. The van der Waals surface area contributed by atoms with Crippen LogP contribution in [0, 0.1) is 5.92 Å². The van der Waals surface area contributed by atoms with Gasteiger partial charge in [0.1, 0.15) is 6.04 Å². The van der Waals surface area contributed by atoms with E-state index in [2.05, 4.69) is 5.32 Å². The summed E-state index contributed by atoms with van der Waals surface area (Å²) in [5, 5.41) is 12.9. The maximum absolute atomic E-state index is 12.7. The molecule has 2 N–H and O–H groups in total. The van der Waals surface area contributed by atoms with Gasteiger partial charge in [-0.2, -0.15) is 0 Å². The van der Waals surface area contributed by atoms with E-state index in [1.54, 1.807) is 29.2 Å². The van der Waals surface area contributed by atoms with Crippen molar-refractivity contribution in [3.63, 3.8) is 0 Å². The third-order valence-electron chi connectivity index (χ3n) is 4.05. The summed E-state index contributed by atoms with van der Waals surface area (Å²) in [5.74, 6) is -0.577. The van der Waals surface area contributed by atoms with Crippen molar-refractivity contribution in [3.8, 4) is 0 Å². The second kappa shape index (κ2) is 7.79. The molecule has 0 aromatic heterocycles. The third-order valence-corrected chi connectivity index (χ3v) is 4.38. The number of halogens is 1. The zero-order valence-electron chi connectivity index (χ0n) is 13.5. The average Bonchev–Trinajstić information content (AvgIpc) is 2.52. The summed E-state index contributed by atoms with van der Waals surface area (Å²) in [6.07, 6.45) is 0.998. The van der Waals surface area contributed by atoms with E-state index in [1.165, 1.54) is 0 Å². The summed E-state index contributed by atoms with van der Waals surface area (Å²) in [7, 11) is 0. The number of rotatable bonds is 4. The van der Waals surface area contributed by atoms with Gasteiger partial charge in [-0.05, 0) is 30.9 Å². The number of amides is 2. The fourth-order valence-corrected chi connectivity index (χ4v) is 2.95. The number of carbonyl (C=O) groups excluding carboxylic acids is 2. The molecule has 1 heterocycles. The SMILES string of the molecule is CC(C)C(NC(=O)c1ccccc1Cl)C(=O)N1CCCC(O)C1. The summed E-state index contributed by atoms with van der Waals surface area (Å²) in [5.41, 5.74) is 0.353. The van der Waals surface area contributed by atoms with Crippen LogP contribution >= 0.6 is 11.6 Å². The van der Waals surface area contributed by atoms with E-state index >= 15 is 0 Å². The van der Waals surface area contributed by atoms with Gasteiger partial charge in [0.2, 0.25) is 5.91 Å². The van der Waals surface area contributed by atoms with Gasteiger partial charge in [-0.15, -0.1) is 0 Å². The minimum atomic E-state index is -0.635. The Morgan fingerprint density at radius 3 is 2.65 bits per heavy atom. The lowest BCUT2D eigenvalue weighted by atomic mass is 10.00. The molecule has 0 aliphatic carbocycles. The highest BCUT2D eigenvalue weighted by atomic mass is 35.5. The molecule has 2 rings (SSSR count). The molecule has 126 valence electrons. The van der Waals surface area contributed by atoms with Crippen LogP contribution in [0.5, 0.6) is 0 Å². The molecule has 2 atom stereocenters. The molecule has 0 spiro atoms. The van der Waals surface area contributed by atoms with E-state index in [9.17, 15) is 14.7 Å². The summed E-state index contributed by atoms with van der Waals surface area (Å²) in [6.45, 7) is 4.71. The molecule has 23 heavy (non-hydrogen) atoms. The number of likely N-dealkylation sites (tertiary alicyclic amines) is 1. The van der Waals surface area contributed by atoms with Crippen molar-refractivity contribution in [2.45, 2.75) is 38.8 Å². The minimum absolute atomic E-state index is 0.0620. The van der Waals surface area contributed by atoms with Crippen LogP contribution in [0.4, 0.5) is 0 Å². The van der Waals surface area contributed by atoms with Crippen LogP contribution < -0.4 is 5.32 Å². The monoisotopic (exact) mass is 338 g/mol. The van der Waals surface area contributed by atoms with E-state index in [0.29, 0.717) is 30.1 Å². The Bertz CT molecular complexity index is 577. The molecular weight excluding hydrogens is 316 g/mol. The number of aliphatic hydroxyl groups is 1. The molecular formula is C17H23ClN2O3. The van der Waals surface area contributed by atoms with Gasteiger partial charge in [0.05, 0.1) is 16.7 Å². The topological polar surface area (TPSA) is 69.6 Å². The van der Waals surface area contributed by atoms with Gasteiger partial charge in [0.15, 0.2) is 0 Å². The van der Waals surface area contributed by atoms with E-state index < -0.39 is 12.1 Å². The second-order valence-corrected chi connectivity index (χ2v) is 6.66. The van der Waals surface area contributed by atoms with Crippen LogP contribution in [0.3, 0.4) is 0 Å². The Morgan fingerprint density at radius 2 is 2.04 bits per heavy atom. The Morgan fingerprint density at radius 1 is 1.35 bits per heavy atom. The van der Waals surface area contributed by atoms with Gasteiger partial charge >= 0.3 is 0 Å². The zero-order chi connectivity index (χ0) is 17.0. The van der Waals surface area contributed by atoms with Crippen molar-refractivity contribution >= 4 is 23.4 Å². The number of hydrogen-bond donors (Lipinski definition) is 2. The third kappa shape index (κ3) is 4.45. The fraction of sp³-hybridized carbons (Fsp3) is 0.529. The largest absolute Gasteiger partial charge is 0.391 e. The van der Waals surface area contributed by atoms with E-state index in [-0.39, 0.29) is 17.7 Å². The molecule has 1 aliphatic rings. The minimum Gasteiger partial charge on any atom is -0.391 e. The highest BCUT2D eigenvalue weighted by Crippen LogP contribution is 2.17. The lowest BCUT2D eigenvalue weighted by Crippen LogP contribution is -2.54. The maximum atomic E-state index is 12.7. The summed E-state index contributed by atoms with van der Waals surface area (Å²) in [6, 6.07) is 6.12. The Kier molecular flexibility index (Phi) is 6.02. The summed E-state index contributed by atoms with van der Waals surface area (Å²) >= 11 is 6.04. The molecule has 5 nitrogen and oxygen atoms in total. The Labute approximate surface area is 141 Å². The molecule has 0 radical (unpaired) electrons. The predicted octanol–water partition coefficient (Wildman–Crippen LogP) is 2.08. The molecule has 0 saturated carbocycles. The molecule has 1 aromatic carbocycles. The van der Waals surface area contributed by atoms with Crippen LogP contribution in [-0.4, -0.2) is 47.1 Å². The summed E-state index contributed by atoms with van der Waals surface area (Å²) in [4.78, 5) is 26.8. The average molecular weight is 339 g/mol.